The normalized spacial score (nSPS) is 19.9. The van der Waals surface area contributed by atoms with Gasteiger partial charge in [-0.3, -0.25) is 14.3 Å². The molecule has 7 rings (SSSR count). The average molecular weight is 598 g/mol. The molecule has 0 radical (unpaired) electrons. The Balaban J connectivity index is 1.27. The van der Waals surface area contributed by atoms with E-state index < -0.39 is 29.8 Å². The van der Waals surface area contributed by atoms with Gasteiger partial charge >= 0.3 is 5.97 Å². The number of fused-ring (bicyclic) bond motifs is 2. The number of hydrogen-bond donors (Lipinski definition) is 1. The van der Waals surface area contributed by atoms with Gasteiger partial charge in [0, 0.05) is 49.2 Å². The maximum Gasteiger partial charge on any atom is 0.308 e. The summed E-state index contributed by atoms with van der Waals surface area (Å²) in [6.45, 7) is 2.63. The molecule has 10 nitrogen and oxygen atoms in total. The number of alkyl halides is 1. The van der Waals surface area contributed by atoms with Crippen molar-refractivity contribution in [3.8, 4) is 22.5 Å². The largest absolute Gasteiger partial charge is 0.481 e. The van der Waals surface area contributed by atoms with E-state index in [1.165, 1.54) is 11.0 Å². The Kier molecular flexibility index (Phi) is 6.64. The van der Waals surface area contributed by atoms with Crippen LogP contribution in [0.4, 0.5) is 14.5 Å². The Hall–Kier alpha value is -5.13. The van der Waals surface area contributed by atoms with Crippen molar-refractivity contribution in [3.05, 3.63) is 89.6 Å². The van der Waals surface area contributed by atoms with Crippen molar-refractivity contribution in [2.75, 3.05) is 24.5 Å². The van der Waals surface area contributed by atoms with Crippen molar-refractivity contribution in [1.82, 2.24) is 29.3 Å². The molecule has 1 amide bonds. The van der Waals surface area contributed by atoms with E-state index in [0.29, 0.717) is 53.4 Å². The lowest BCUT2D eigenvalue weighted by atomic mass is 9.92. The molecule has 1 fully saturated rings. The average Bonchev–Trinajstić information content (AvgIpc) is 3.78. The predicted molar refractivity (Wildman–Crippen MR) is 158 cm³/mol. The summed E-state index contributed by atoms with van der Waals surface area (Å²) in [5.74, 6) is -2.28. The van der Waals surface area contributed by atoms with Gasteiger partial charge in [-0.25, -0.2) is 18.3 Å². The summed E-state index contributed by atoms with van der Waals surface area (Å²) >= 11 is 0. The molecule has 3 atom stereocenters. The molecule has 3 aromatic heterocycles. The van der Waals surface area contributed by atoms with Gasteiger partial charge in [-0.05, 0) is 48.7 Å². The highest BCUT2D eigenvalue weighted by Gasteiger charge is 2.35. The van der Waals surface area contributed by atoms with Gasteiger partial charge in [0.2, 0.25) is 0 Å². The van der Waals surface area contributed by atoms with Crippen molar-refractivity contribution in [2.24, 2.45) is 13.0 Å². The van der Waals surface area contributed by atoms with Crippen LogP contribution in [0, 0.1) is 11.7 Å². The van der Waals surface area contributed by atoms with E-state index in [2.05, 4.69) is 15.2 Å². The summed E-state index contributed by atoms with van der Waals surface area (Å²) in [5.41, 5.74) is 4.11. The van der Waals surface area contributed by atoms with Crippen LogP contribution in [0.3, 0.4) is 0 Å². The quantitative estimate of drug-likeness (QED) is 0.301. The zero-order valence-electron chi connectivity index (χ0n) is 24.1. The van der Waals surface area contributed by atoms with Gasteiger partial charge in [0.15, 0.2) is 5.65 Å². The number of benzene rings is 2. The molecular formula is C32H29F2N7O3. The number of aromatic nitrogens is 5. The molecule has 1 unspecified atom stereocenters. The van der Waals surface area contributed by atoms with Crippen molar-refractivity contribution < 1.29 is 23.5 Å². The first kappa shape index (κ1) is 27.7. The smallest absolute Gasteiger partial charge is 0.308 e. The Labute approximate surface area is 251 Å². The minimum Gasteiger partial charge on any atom is -0.481 e. The first-order valence-electron chi connectivity index (χ1n) is 14.4. The molecule has 0 saturated carbocycles. The minimum absolute atomic E-state index is 0.0988. The summed E-state index contributed by atoms with van der Waals surface area (Å²) in [7, 11) is 1.77. The molecule has 5 aromatic rings. The molecule has 1 saturated heterocycles. The number of hydrogen-bond acceptors (Lipinski definition) is 6. The molecule has 1 N–H and O–H groups in total. The zero-order chi connectivity index (χ0) is 30.7. The molecule has 2 aromatic carbocycles. The molecule has 5 heterocycles. The Morgan fingerprint density at radius 3 is 2.55 bits per heavy atom. The fourth-order valence-corrected chi connectivity index (χ4v) is 6.26. The van der Waals surface area contributed by atoms with E-state index in [4.69, 9.17) is 0 Å². The first-order chi connectivity index (χ1) is 21.2. The number of aliphatic carboxylic acids is 1. The number of nitrogens with zero attached hydrogens (tertiary/aromatic N) is 7. The zero-order valence-corrected chi connectivity index (χ0v) is 24.1. The molecule has 12 heteroatoms. The van der Waals surface area contributed by atoms with Gasteiger partial charge in [-0.2, -0.15) is 10.2 Å². The van der Waals surface area contributed by atoms with Crippen LogP contribution in [0.1, 0.15) is 47.2 Å². The highest BCUT2D eigenvalue weighted by Crippen LogP contribution is 2.38. The van der Waals surface area contributed by atoms with Crippen LogP contribution < -0.4 is 4.90 Å². The fourth-order valence-electron chi connectivity index (χ4n) is 6.26. The summed E-state index contributed by atoms with van der Waals surface area (Å²) in [5, 5.41) is 18.3. The second-order valence-corrected chi connectivity index (χ2v) is 11.4. The third kappa shape index (κ3) is 4.66. The van der Waals surface area contributed by atoms with Crippen LogP contribution in [0.5, 0.6) is 0 Å². The van der Waals surface area contributed by atoms with E-state index in [9.17, 15) is 14.7 Å². The van der Waals surface area contributed by atoms with Gasteiger partial charge in [-0.15, -0.1) is 0 Å². The van der Waals surface area contributed by atoms with Crippen LogP contribution in [-0.2, 0) is 11.8 Å². The number of carbonyl (C=O) groups excluding carboxylic acids is 1. The first-order valence-corrected chi connectivity index (χ1v) is 14.4. The molecule has 2 aliphatic heterocycles. The van der Waals surface area contributed by atoms with Crippen molar-refractivity contribution in [1.29, 1.82) is 0 Å². The third-order valence-electron chi connectivity index (χ3n) is 8.65. The topological polar surface area (TPSA) is 109 Å². The van der Waals surface area contributed by atoms with Crippen LogP contribution >= 0.6 is 0 Å². The van der Waals surface area contributed by atoms with Crippen LogP contribution in [0.2, 0.25) is 0 Å². The van der Waals surface area contributed by atoms with Crippen LogP contribution in [0.15, 0.2) is 67.0 Å². The molecule has 224 valence electrons. The minimum atomic E-state index is -1.32. The monoisotopic (exact) mass is 597 g/mol. The molecule has 44 heavy (non-hydrogen) atoms. The molecule has 2 aliphatic rings. The van der Waals surface area contributed by atoms with Gasteiger partial charge in [0.25, 0.3) is 5.91 Å². The van der Waals surface area contributed by atoms with E-state index in [-0.39, 0.29) is 23.8 Å². The fraction of sp³-hybridized carbons (Fsp3) is 0.281. The maximum absolute atomic E-state index is 15.5. The highest BCUT2D eigenvalue weighted by molar-refractivity contribution is 5.94. The lowest BCUT2D eigenvalue weighted by Gasteiger charge is -2.36. The second-order valence-electron chi connectivity index (χ2n) is 11.4. The maximum atomic E-state index is 15.5. The van der Waals surface area contributed by atoms with Crippen molar-refractivity contribution >= 4 is 23.2 Å². The SMILES string of the molecule is C[C@@H]1c2ccccc2C(F)CN1C(=O)c1cc(-c2cnn(C)c2)n2nc(-c3ccc(N4CC[C@H](C(=O)O)C4)cc3F)cc2n1. The lowest BCUT2D eigenvalue weighted by molar-refractivity contribution is -0.140. The summed E-state index contributed by atoms with van der Waals surface area (Å²) in [4.78, 5) is 33.2. The van der Waals surface area contributed by atoms with Gasteiger partial charge < -0.3 is 14.9 Å². The van der Waals surface area contributed by atoms with Crippen LogP contribution in [0.25, 0.3) is 28.2 Å². The molecule has 0 spiro atoms. The molecular weight excluding hydrogens is 568 g/mol. The van der Waals surface area contributed by atoms with E-state index >= 15 is 8.78 Å². The van der Waals surface area contributed by atoms with Crippen molar-refractivity contribution in [2.45, 2.75) is 25.6 Å². The van der Waals surface area contributed by atoms with Gasteiger partial charge in [-0.1, -0.05) is 24.3 Å². The van der Waals surface area contributed by atoms with E-state index in [1.54, 1.807) is 65.0 Å². The van der Waals surface area contributed by atoms with Gasteiger partial charge in [0.1, 0.15) is 17.7 Å². The van der Waals surface area contributed by atoms with E-state index in [0.717, 1.165) is 5.56 Å². The third-order valence-corrected chi connectivity index (χ3v) is 8.65. The van der Waals surface area contributed by atoms with Gasteiger partial charge in [0.05, 0.1) is 36.1 Å². The standard InChI is InChI=1S/C32H29F2N7O3/c1-18-22-5-3-4-6-23(22)26(34)17-40(18)31(42)28-12-29(20-14-35-38(2)15-20)41-30(36-28)13-27(37-41)24-8-7-21(11-25(24)33)39-10-9-19(16-39)32(43)44/h3-8,11-15,18-19,26H,9-10,16-17H2,1-2H3,(H,43,44)/t18-,19+,26?/m1/s1. The summed E-state index contributed by atoms with van der Waals surface area (Å²) < 4.78 is 33.9. The van der Waals surface area contributed by atoms with Crippen molar-refractivity contribution in [3.63, 3.8) is 0 Å². The second kappa shape index (κ2) is 10.5. The number of rotatable bonds is 5. The number of aryl methyl sites for hydroxylation is 1. The highest BCUT2D eigenvalue weighted by atomic mass is 19.1. The number of carboxylic acids is 1. The van der Waals surface area contributed by atoms with E-state index in [1.807, 2.05) is 24.0 Å². The lowest BCUT2D eigenvalue weighted by Crippen LogP contribution is -2.40. The Morgan fingerprint density at radius 1 is 1.05 bits per heavy atom. The Morgan fingerprint density at radius 2 is 1.84 bits per heavy atom. The predicted octanol–water partition coefficient (Wildman–Crippen LogP) is 5.07. The number of carboxylic acid groups (broad SMARTS) is 1. The summed E-state index contributed by atoms with van der Waals surface area (Å²) in [6, 6.07) is 14.8. The van der Waals surface area contributed by atoms with Crippen LogP contribution in [-0.4, -0.2) is 65.9 Å². The number of carbonyl (C=O) groups is 2. The summed E-state index contributed by atoms with van der Waals surface area (Å²) in [6.07, 6.45) is 2.59. The number of halogens is 2. The molecule has 0 bridgehead atoms. The number of amides is 1. The molecule has 0 aliphatic carbocycles. The Bertz CT molecular complexity index is 1940. The number of anilines is 1.